The smallest absolute Gasteiger partial charge is 0.322 e. The van der Waals surface area contributed by atoms with Crippen LogP contribution in [0, 0.1) is 0 Å². The number of allylic oxidation sites excluding steroid dienone is 1. The van der Waals surface area contributed by atoms with Crippen LogP contribution in [-0.4, -0.2) is 27.6 Å². The molecule has 0 bridgehead atoms. The molecule has 1 aliphatic rings. The van der Waals surface area contributed by atoms with Crippen LogP contribution in [0.3, 0.4) is 0 Å². The number of urea groups is 1. The number of nitrogens with one attached hydrogen (secondary N) is 1. The van der Waals surface area contributed by atoms with Crippen LogP contribution in [0.15, 0.2) is 58.8 Å². The van der Waals surface area contributed by atoms with Crippen molar-refractivity contribution in [2.45, 2.75) is 39.2 Å². The molecule has 6 nitrogen and oxygen atoms in total. The van der Waals surface area contributed by atoms with Crippen LogP contribution in [0.5, 0.6) is 0 Å². The Bertz CT molecular complexity index is 1140. The Balaban J connectivity index is 1.77. The van der Waals surface area contributed by atoms with E-state index in [2.05, 4.69) is 22.4 Å². The molecule has 4 rings (SSSR count). The highest BCUT2D eigenvalue weighted by Gasteiger charge is 2.35. The minimum atomic E-state index is -0.456. The van der Waals surface area contributed by atoms with Gasteiger partial charge >= 0.3 is 6.03 Å². The highest BCUT2D eigenvalue weighted by Crippen LogP contribution is 2.38. The quantitative estimate of drug-likeness (QED) is 0.388. The Morgan fingerprint density at radius 1 is 1.09 bits per heavy atom. The van der Waals surface area contributed by atoms with Crippen molar-refractivity contribution in [3.05, 3.63) is 75.7 Å². The average molecular weight is 471 g/mol. The number of benzene rings is 2. The van der Waals surface area contributed by atoms with E-state index in [1.54, 1.807) is 23.1 Å². The molecule has 2 heterocycles. The van der Waals surface area contributed by atoms with Crippen molar-refractivity contribution in [1.29, 1.82) is 0 Å². The fraction of sp³-hybridized carbons (Fsp3) is 0.292. The Morgan fingerprint density at radius 3 is 2.59 bits per heavy atom. The number of hydrogen-bond donors (Lipinski definition) is 1. The SMILES string of the molecule is CCCCCN1C(=O)NC(c2cccc(Cl)c2)C(c2nc(-c3ccc(Cl)cc3)no2)=C1C. The number of rotatable bonds is 7. The monoisotopic (exact) mass is 470 g/mol. The molecule has 8 heteroatoms. The van der Waals surface area contributed by atoms with Crippen LogP contribution in [0.4, 0.5) is 4.79 Å². The van der Waals surface area contributed by atoms with Crippen molar-refractivity contribution in [3.8, 4) is 11.4 Å². The van der Waals surface area contributed by atoms with Crippen LogP contribution < -0.4 is 5.32 Å². The second kappa shape index (κ2) is 9.76. The number of amides is 2. The van der Waals surface area contributed by atoms with E-state index in [0.29, 0.717) is 28.3 Å². The van der Waals surface area contributed by atoms with Crippen molar-refractivity contribution < 1.29 is 9.32 Å². The van der Waals surface area contributed by atoms with E-state index < -0.39 is 6.04 Å². The zero-order valence-electron chi connectivity index (χ0n) is 17.9. The summed E-state index contributed by atoms with van der Waals surface area (Å²) in [6, 6.07) is 14.1. The molecule has 0 fully saturated rings. The molecule has 0 spiro atoms. The first-order valence-corrected chi connectivity index (χ1v) is 11.4. The van der Waals surface area contributed by atoms with E-state index in [4.69, 9.17) is 27.7 Å². The summed E-state index contributed by atoms with van der Waals surface area (Å²) in [5, 5.41) is 8.49. The molecule has 0 saturated carbocycles. The number of nitrogens with zero attached hydrogens (tertiary/aromatic N) is 3. The van der Waals surface area contributed by atoms with Crippen molar-refractivity contribution >= 4 is 34.8 Å². The van der Waals surface area contributed by atoms with Gasteiger partial charge in [0.2, 0.25) is 5.82 Å². The van der Waals surface area contributed by atoms with Gasteiger partial charge in [0.25, 0.3) is 5.89 Å². The third-order valence-corrected chi connectivity index (χ3v) is 6.01. The van der Waals surface area contributed by atoms with Crippen LogP contribution >= 0.6 is 23.2 Å². The Kier molecular flexibility index (Phi) is 6.82. The van der Waals surface area contributed by atoms with Crippen LogP contribution in [0.25, 0.3) is 17.0 Å². The molecule has 0 aliphatic carbocycles. The Labute approximate surface area is 197 Å². The normalized spacial score (nSPS) is 16.4. The van der Waals surface area contributed by atoms with Crippen molar-refractivity contribution in [3.63, 3.8) is 0 Å². The zero-order chi connectivity index (χ0) is 22.7. The number of halogens is 2. The molecule has 0 saturated heterocycles. The van der Waals surface area contributed by atoms with E-state index in [9.17, 15) is 4.79 Å². The lowest BCUT2D eigenvalue weighted by Crippen LogP contribution is -2.46. The first-order chi connectivity index (χ1) is 15.5. The first-order valence-electron chi connectivity index (χ1n) is 10.6. The summed E-state index contributed by atoms with van der Waals surface area (Å²) in [7, 11) is 0. The number of aromatic nitrogens is 2. The summed E-state index contributed by atoms with van der Waals surface area (Å²) in [5.41, 5.74) is 3.19. The minimum absolute atomic E-state index is 0.148. The van der Waals surface area contributed by atoms with Gasteiger partial charge in [-0.05, 0) is 55.3 Å². The van der Waals surface area contributed by atoms with Crippen molar-refractivity contribution in [1.82, 2.24) is 20.4 Å². The second-order valence-electron chi connectivity index (χ2n) is 7.73. The predicted molar refractivity (Wildman–Crippen MR) is 126 cm³/mol. The van der Waals surface area contributed by atoms with Gasteiger partial charge in [0, 0.05) is 27.9 Å². The van der Waals surface area contributed by atoms with E-state index >= 15 is 0 Å². The Hall–Kier alpha value is -2.83. The minimum Gasteiger partial charge on any atom is -0.334 e. The van der Waals surface area contributed by atoms with Crippen molar-refractivity contribution in [2.24, 2.45) is 0 Å². The lowest BCUT2D eigenvalue weighted by Gasteiger charge is -2.35. The molecule has 32 heavy (non-hydrogen) atoms. The number of carbonyl (C=O) groups excluding carboxylic acids is 1. The largest absolute Gasteiger partial charge is 0.334 e. The van der Waals surface area contributed by atoms with E-state index in [1.807, 2.05) is 37.3 Å². The molecule has 1 unspecified atom stereocenters. The van der Waals surface area contributed by atoms with Gasteiger partial charge in [-0.1, -0.05) is 60.3 Å². The topological polar surface area (TPSA) is 71.3 Å². The van der Waals surface area contributed by atoms with Gasteiger partial charge < -0.3 is 9.84 Å². The molecule has 1 aromatic heterocycles. The summed E-state index contributed by atoms with van der Waals surface area (Å²) < 4.78 is 5.69. The molecule has 166 valence electrons. The standard InChI is InChI=1S/C24H24Cl2N4O2/c1-3-4-5-13-30-15(2)20(21(27-24(30)31)17-7-6-8-19(26)14-17)23-28-22(29-32-23)16-9-11-18(25)12-10-16/h6-12,14,21H,3-5,13H2,1-2H3,(H,27,31). The third-order valence-electron chi connectivity index (χ3n) is 5.52. The molecule has 1 aliphatic heterocycles. The van der Waals surface area contributed by atoms with Gasteiger partial charge in [0.15, 0.2) is 0 Å². The highest BCUT2D eigenvalue weighted by molar-refractivity contribution is 6.30. The predicted octanol–water partition coefficient (Wildman–Crippen LogP) is 6.73. The summed E-state index contributed by atoms with van der Waals surface area (Å²) >= 11 is 12.2. The molecular formula is C24H24Cl2N4O2. The molecule has 3 aromatic rings. The highest BCUT2D eigenvalue weighted by atomic mass is 35.5. The van der Waals surface area contributed by atoms with Crippen LogP contribution in [0.2, 0.25) is 10.0 Å². The van der Waals surface area contributed by atoms with Crippen LogP contribution in [0.1, 0.15) is 50.6 Å². The van der Waals surface area contributed by atoms with Crippen molar-refractivity contribution in [2.75, 3.05) is 6.54 Å². The van der Waals surface area contributed by atoms with E-state index in [0.717, 1.165) is 41.7 Å². The fourth-order valence-electron chi connectivity index (χ4n) is 3.83. The number of carbonyl (C=O) groups is 1. The summed E-state index contributed by atoms with van der Waals surface area (Å²) in [5.74, 6) is 0.814. The van der Waals surface area contributed by atoms with Gasteiger partial charge in [-0.15, -0.1) is 0 Å². The summed E-state index contributed by atoms with van der Waals surface area (Å²) in [6.07, 6.45) is 3.03. The first kappa shape index (κ1) is 22.4. The Morgan fingerprint density at radius 2 is 1.88 bits per heavy atom. The van der Waals surface area contributed by atoms with Gasteiger partial charge in [-0.3, -0.25) is 4.90 Å². The lowest BCUT2D eigenvalue weighted by atomic mass is 9.94. The maximum absolute atomic E-state index is 13.0. The molecule has 2 aromatic carbocycles. The molecule has 2 amide bonds. The zero-order valence-corrected chi connectivity index (χ0v) is 19.5. The average Bonchev–Trinajstić information content (AvgIpc) is 3.26. The number of unbranched alkanes of at least 4 members (excludes halogenated alkanes) is 2. The molecular weight excluding hydrogens is 447 g/mol. The van der Waals surface area contributed by atoms with E-state index in [-0.39, 0.29) is 6.03 Å². The lowest BCUT2D eigenvalue weighted by molar-refractivity contribution is 0.204. The second-order valence-corrected chi connectivity index (χ2v) is 8.60. The molecule has 0 radical (unpaired) electrons. The van der Waals surface area contributed by atoms with Gasteiger partial charge in [0.05, 0.1) is 11.6 Å². The molecule has 1 atom stereocenters. The maximum Gasteiger partial charge on any atom is 0.322 e. The van der Waals surface area contributed by atoms with Crippen LogP contribution in [-0.2, 0) is 0 Å². The van der Waals surface area contributed by atoms with Gasteiger partial charge in [-0.25, -0.2) is 4.79 Å². The van der Waals surface area contributed by atoms with Gasteiger partial charge in [0.1, 0.15) is 0 Å². The third kappa shape index (κ3) is 4.66. The summed E-state index contributed by atoms with van der Waals surface area (Å²) in [6.45, 7) is 4.68. The number of hydrogen-bond acceptors (Lipinski definition) is 4. The maximum atomic E-state index is 13.0. The fourth-order valence-corrected chi connectivity index (χ4v) is 4.16. The van der Waals surface area contributed by atoms with Gasteiger partial charge in [-0.2, -0.15) is 4.98 Å². The summed E-state index contributed by atoms with van der Waals surface area (Å²) in [4.78, 5) is 19.4. The molecule has 1 N–H and O–H groups in total. The van der Waals surface area contributed by atoms with E-state index in [1.165, 1.54) is 0 Å².